The van der Waals surface area contributed by atoms with Crippen LogP contribution in [0.2, 0.25) is 0 Å². The third-order valence-electron chi connectivity index (χ3n) is 0.465. The third kappa shape index (κ3) is 3.96. The van der Waals surface area contributed by atoms with E-state index in [-0.39, 0.29) is 0 Å². The molecule has 0 aliphatic carbocycles. The van der Waals surface area contributed by atoms with Gasteiger partial charge in [-0.2, -0.15) is 12.6 Å². The van der Waals surface area contributed by atoms with Gasteiger partial charge in [-0.15, -0.1) is 0 Å². The lowest BCUT2D eigenvalue weighted by Gasteiger charge is -1.79. The molecule has 0 aromatic heterocycles. The van der Waals surface area contributed by atoms with Crippen LogP contribution in [0.4, 0.5) is 0 Å². The summed E-state index contributed by atoms with van der Waals surface area (Å²) in [6.07, 6.45) is 0.934. The Hall–Kier alpha value is -0.0400. The van der Waals surface area contributed by atoms with Crippen molar-refractivity contribution >= 4 is 12.6 Å². The van der Waals surface area contributed by atoms with E-state index in [1.807, 2.05) is 0 Å². The van der Waals surface area contributed by atoms with Crippen LogP contribution in [0, 0.1) is 6.92 Å². The molecule has 0 aromatic rings. The molecular weight excluding hydrogens is 92.1 g/mol. The first-order chi connectivity index (χ1) is 2.77. The summed E-state index contributed by atoms with van der Waals surface area (Å²) in [4.78, 5) is 0. The van der Waals surface area contributed by atoms with Crippen LogP contribution in [-0.4, -0.2) is 5.75 Å². The molecule has 0 rings (SSSR count). The lowest BCUT2D eigenvalue weighted by atomic mass is 10.3. The van der Waals surface area contributed by atoms with Crippen molar-refractivity contribution in [3.8, 4) is 0 Å². The van der Waals surface area contributed by atoms with Crippen LogP contribution < -0.4 is 0 Å². The first kappa shape index (κ1) is 5.96. The first-order valence-corrected chi connectivity index (χ1v) is 2.51. The average molecular weight is 101 g/mol. The van der Waals surface area contributed by atoms with Crippen LogP contribution >= 0.6 is 12.6 Å². The molecule has 0 aromatic carbocycles. The standard InChI is InChI=1S/C5H8S/c1-5(2)3-4-6/h1-4H2/p+1. The van der Waals surface area contributed by atoms with Gasteiger partial charge < -0.3 is 0 Å². The van der Waals surface area contributed by atoms with Gasteiger partial charge >= 0.3 is 0 Å². The summed E-state index contributed by atoms with van der Waals surface area (Å²) in [5.41, 5.74) is 0.963. The number of hydrogen-bond acceptors (Lipinski definition) is 1. The third-order valence-corrected chi connectivity index (χ3v) is 0.689. The molecule has 0 aliphatic heterocycles. The van der Waals surface area contributed by atoms with Gasteiger partial charge in [0.1, 0.15) is 0 Å². The topological polar surface area (TPSA) is 0 Å². The molecule has 6 heavy (non-hydrogen) atoms. The molecule has 0 bridgehead atoms. The van der Waals surface area contributed by atoms with Gasteiger partial charge in [0.25, 0.3) is 0 Å². The summed E-state index contributed by atoms with van der Waals surface area (Å²) in [5, 5.41) is 0. The van der Waals surface area contributed by atoms with Gasteiger partial charge in [-0.05, 0) is 5.75 Å². The number of hydrogen-bond donors (Lipinski definition) is 1. The summed E-state index contributed by atoms with van der Waals surface area (Å²) < 4.78 is 0. The van der Waals surface area contributed by atoms with Gasteiger partial charge in [0, 0.05) is 19.9 Å². The van der Waals surface area contributed by atoms with Crippen LogP contribution in [-0.2, 0) is 0 Å². The number of thiol groups is 1. The molecule has 0 N–H and O–H groups in total. The van der Waals surface area contributed by atoms with Crippen molar-refractivity contribution in [2.75, 3.05) is 5.75 Å². The van der Waals surface area contributed by atoms with Crippen LogP contribution in [0.15, 0.2) is 12.2 Å². The first-order valence-electron chi connectivity index (χ1n) is 1.88. The van der Waals surface area contributed by atoms with Crippen LogP contribution in [0.5, 0.6) is 0 Å². The van der Waals surface area contributed by atoms with Crippen molar-refractivity contribution in [3.05, 3.63) is 19.1 Å². The lowest BCUT2D eigenvalue weighted by Crippen LogP contribution is -1.72. The van der Waals surface area contributed by atoms with Gasteiger partial charge in [0.05, 0.1) is 5.57 Å². The average Bonchev–Trinajstić information content (AvgIpc) is 1.35. The second kappa shape index (κ2) is 3.16. The second-order valence-electron chi connectivity index (χ2n) is 1.22. The van der Waals surface area contributed by atoms with Gasteiger partial charge in [-0.3, -0.25) is 0 Å². The van der Waals surface area contributed by atoms with Crippen molar-refractivity contribution in [1.82, 2.24) is 0 Å². The minimum absolute atomic E-state index is 0.863. The van der Waals surface area contributed by atoms with E-state index in [4.69, 9.17) is 0 Å². The van der Waals surface area contributed by atoms with Crippen LogP contribution in [0.3, 0.4) is 0 Å². The van der Waals surface area contributed by atoms with Crippen molar-refractivity contribution in [1.29, 1.82) is 0 Å². The van der Waals surface area contributed by atoms with E-state index in [0.29, 0.717) is 0 Å². The minimum atomic E-state index is 0.863. The monoisotopic (exact) mass is 101 g/mol. The fourth-order valence-electron chi connectivity index (χ4n) is 0.158. The van der Waals surface area contributed by atoms with E-state index in [1.165, 1.54) is 0 Å². The molecule has 0 radical (unpaired) electrons. The molecule has 34 valence electrons. The van der Waals surface area contributed by atoms with Gasteiger partial charge in [-0.1, -0.05) is 0 Å². The molecule has 0 aliphatic rings. The van der Waals surface area contributed by atoms with Gasteiger partial charge in [0.15, 0.2) is 0 Å². The highest BCUT2D eigenvalue weighted by atomic mass is 32.1. The Balaban J connectivity index is 2.83. The zero-order chi connectivity index (χ0) is 4.99. The molecule has 0 atom stereocenters. The zero-order valence-corrected chi connectivity index (χ0v) is 4.67. The molecule has 1 heteroatoms. The highest BCUT2D eigenvalue weighted by Gasteiger charge is 1.85. The number of allylic oxidation sites excluding steroid dienone is 1. The van der Waals surface area contributed by atoms with Gasteiger partial charge in [-0.25, -0.2) is 0 Å². The van der Waals surface area contributed by atoms with Crippen molar-refractivity contribution < 1.29 is 0 Å². The Morgan fingerprint density at radius 2 is 2.33 bits per heavy atom. The van der Waals surface area contributed by atoms with E-state index >= 15 is 0 Å². The van der Waals surface area contributed by atoms with E-state index in [1.54, 1.807) is 0 Å². The summed E-state index contributed by atoms with van der Waals surface area (Å²) in [6, 6.07) is 0. The van der Waals surface area contributed by atoms with Gasteiger partial charge in [0.2, 0.25) is 0 Å². The molecule has 0 saturated carbocycles. The molecule has 0 fully saturated rings. The molecule has 0 saturated heterocycles. The van der Waals surface area contributed by atoms with E-state index in [0.717, 1.165) is 17.7 Å². The predicted octanol–water partition coefficient (Wildman–Crippen LogP) is 1.70. The highest BCUT2D eigenvalue weighted by Crippen LogP contribution is 1.93. The van der Waals surface area contributed by atoms with Crippen LogP contribution in [0.25, 0.3) is 0 Å². The normalized spacial score (nSPS) is 8.17. The quantitative estimate of drug-likeness (QED) is 0.397. The molecule has 0 unspecified atom stereocenters. The number of rotatable bonds is 2. The van der Waals surface area contributed by atoms with E-state index in [9.17, 15) is 0 Å². The van der Waals surface area contributed by atoms with Crippen molar-refractivity contribution in [2.24, 2.45) is 0 Å². The zero-order valence-electron chi connectivity index (χ0n) is 3.78. The lowest BCUT2D eigenvalue weighted by molar-refractivity contribution is 1.18. The van der Waals surface area contributed by atoms with Crippen LogP contribution in [0.1, 0.15) is 6.42 Å². The Morgan fingerprint density at radius 1 is 1.83 bits per heavy atom. The van der Waals surface area contributed by atoms with Crippen molar-refractivity contribution in [2.45, 2.75) is 6.42 Å². The second-order valence-corrected chi connectivity index (χ2v) is 1.67. The van der Waals surface area contributed by atoms with E-state index in [2.05, 4.69) is 26.1 Å². The summed E-state index contributed by atoms with van der Waals surface area (Å²) in [7, 11) is 0. The Labute approximate surface area is 44.7 Å². The Morgan fingerprint density at radius 3 is 2.33 bits per heavy atom. The largest absolute Gasteiger partial charge is 0.179 e. The molecule has 0 nitrogen and oxygen atoms in total. The maximum atomic E-state index is 3.96. The summed E-state index contributed by atoms with van der Waals surface area (Å²) in [5.74, 6) is 0.863. The van der Waals surface area contributed by atoms with E-state index < -0.39 is 0 Å². The Kier molecular flexibility index (Phi) is 3.14. The molecule has 0 spiro atoms. The maximum absolute atomic E-state index is 3.96. The SMILES string of the molecule is C=C([CH2+])CCS. The molecule has 0 heterocycles. The smallest absolute Gasteiger partial charge is 0.0972 e. The summed E-state index contributed by atoms with van der Waals surface area (Å²) >= 11 is 3.96. The fraction of sp³-hybridized carbons (Fsp3) is 0.400. The molecule has 0 amide bonds. The minimum Gasteiger partial charge on any atom is -0.179 e. The van der Waals surface area contributed by atoms with Crippen molar-refractivity contribution in [3.63, 3.8) is 0 Å². The maximum Gasteiger partial charge on any atom is 0.0972 e. The Bertz CT molecular complexity index is 47.9. The highest BCUT2D eigenvalue weighted by molar-refractivity contribution is 7.80. The summed E-state index contributed by atoms with van der Waals surface area (Å²) in [6.45, 7) is 7.17. The molecular formula is C5H9S+. The predicted molar refractivity (Wildman–Crippen MR) is 33.0 cm³/mol. The fourth-order valence-corrected chi connectivity index (χ4v) is 0.474.